The Morgan fingerprint density at radius 3 is 2.64 bits per heavy atom. The summed E-state index contributed by atoms with van der Waals surface area (Å²) in [6.45, 7) is 4.77. The number of imidazole rings is 1. The van der Waals surface area contributed by atoms with Crippen LogP contribution in [0.2, 0.25) is 5.02 Å². The minimum atomic E-state index is 0.768. The highest BCUT2D eigenvalue weighted by Gasteiger charge is 2.10. The van der Waals surface area contributed by atoms with Gasteiger partial charge in [0.15, 0.2) is 0 Å². The molecular formula is C18H20ClN3. The molecule has 1 aromatic heterocycles. The number of nitrogens with zero attached hydrogens (tertiary/aromatic N) is 2. The molecule has 1 N–H and O–H groups in total. The van der Waals surface area contributed by atoms with Gasteiger partial charge < -0.3 is 9.88 Å². The molecular weight excluding hydrogens is 294 g/mol. The average Bonchev–Trinajstić information content (AvgIpc) is 2.88. The highest BCUT2D eigenvalue weighted by molar-refractivity contribution is 6.30. The fourth-order valence-corrected chi connectivity index (χ4v) is 2.71. The molecule has 22 heavy (non-hydrogen) atoms. The SMILES string of the molecule is CCCNCc1nc2ccccc2n1Cc1ccc(Cl)cc1. The summed E-state index contributed by atoms with van der Waals surface area (Å²) in [6, 6.07) is 16.3. The molecule has 1 heterocycles. The van der Waals surface area contributed by atoms with Gasteiger partial charge in [-0.15, -0.1) is 0 Å². The van der Waals surface area contributed by atoms with Gasteiger partial charge in [-0.05, 0) is 42.8 Å². The first-order valence-corrected chi connectivity index (χ1v) is 8.05. The summed E-state index contributed by atoms with van der Waals surface area (Å²) in [5, 5.41) is 4.21. The summed E-state index contributed by atoms with van der Waals surface area (Å²) in [4.78, 5) is 4.77. The summed E-state index contributed by atoms with van der Waals surface area (Å²) >= 11 is 5.98. The van der Waals surface area contributed by atoms with Crippen molar-refractivity contribution in [1.82, 2.24) is 14.9 Å². The lowest BCUT2D eigenvalue weighted by Gasteiger charge is -2.10. The number of rotatable bonds is 6. The van der Waals surface area contributed by atoms with E-state index in [-0.39, 0.29) is 0 Å². The van der Waals surface area contributed by atoms with E-state index in [1.807, 2.05) is 18.2 Å². The zero-order chi connectivity index (χ0) is 15.4. The van der Waals surface area contributed by atoms with E-state index in [9.17, 15) is 0 Å². The van der Waals surface area contributed by atoms with Crippen LogP contribution < -0.4 is 5.32 Å². The van der Waals surface area contributed by atoms with Crippen molar-refractivity contribution in [3.05, 3.63) is 64.9 Å². The van der Waals surface area contributed by atoms with Crippen LogP contribution >= 0.6 is 11.6 Å². The van der Waals surface area contributed by atoms with Gasteiger partial charge in [-0.25, -0.2) is 4.98 Å². The maximum absolute atomic E-state index is 5.98. The minimum Gasteiger partial charge on any atom is -0.322 e. The van der Waals surface area contributed by atoms with Gasteiger partial charge >= 0.3 is 0 Å². The summed E-state index contributed by atoms with van der Waals surface area (Å²) in [5.41, 5.74) is 3.44. The molecule has 3 aromatic rings. The van der Waals surface area contributed by atoms with Crippen LogP contribution in [0.25, 0.3) is 11.0 Å². The standard InChI is InChI=1S/C18H20ClN3/c1-2-11-20-12-18-21-16-5-3-4-6-17(16)22(18)13-14-7-9-15(19)10-8-14/h3-10,20H,2,11-13H2,1H3. The average molecular weight is 314 g/mol. The predicted octanol–water partition coefficient (Wildman–Crippen LogP) is 4.24. The molecule has 0 aliphatic rings. The number of nitrogens with one attached hydrogen (secondary N) is 1. The van der Waals surface area contributed by atoms with Crippen molar-refractivity contribution in [1.29, 1.82) is 0 Å². The van der Waals surface area contributed by atoms with Gasteiger partial charge in [-0.1, -0.05) is 42.8 Å². The molecule has 0 saturated carbocycles. The van der Waals surface area contributed by atoms with Crippen molar-refractivity contribution < 1.29 is 0 Å². The zero-order valence-corrected chi connectivity index (χ0v) is 13.5. The molecule has 0 spiro atoms. The Labute approximate surface area is 135 Å². The summed E-state index contributed by atoms with van der Waals surface area (Å²) in [5.74, 6) is 1.07. The highest BCUT2D eigenvalue weighted by atomic mass is 35.5. The molecule has 3 rings (SSSR count). The van der Waals surface area contributed by atoms with Crippen LogP contribution in [0.4, 0.5) is 0 Å². The molecule has 3 nitrogen and oxygen atoms in total. The maximum Gasteiger partial charge on any atom is 0.124 e. The van der Waals surface area contributed by atoms with Gasteiger partial charge in [0.2, 0.25) is 0 Å². The number of fused-ring (bicyclic) bond motifs is 1. The third kappa shape index (κ3) is 3.32. The Hall–Kier alpha value is -1.84. The quantitative estimate of drug-likeness (QED) is 0.690. The fourth-order valence-electron chi connectivity index (χ4n) is 2.59. The van der Waals surface area contributed by atoms with Gasteiger partial charge in [0, 0.05) is 11.6 Å². The third-order valence-electron chi connectivity index (χ3n) is 3.70. The molecule has 0 atom stereocenters. The second-order valence-electron chi connectivity index (χ2n) is 5.41. The molecule has 0 amide bonds. The first-order chi connectivity index (χ1) is 10.8. The van der Waals surface area contributed by atoms with Crippen molar-refractivity contribution in [2.45, 2.75) is 26.4 Å². The van der Waals surface area contributed by atoms with Crippen LogP contribution in [0.1, 0.15) is 24.7 Å². The van der Waals surface area contributed by atoms with E-state index in [1.165, 1.54) is 11.1 Å². The zero-order valence-electron chi connectivity index (χ0n) is 12.7. The van der Waals surface area contributed by atoms with Crippen molar-refractivity contribution in [3.63, 3.8) is 0 Å². The van der Waals surface area contributed by atoms with E-state index in [1.54, 1.807) is 0 Å². The van der Waals surface area contributed by atoms with Crippen LogP contribution in [-0.2, 0) is 13.1 Å². The van der Waals surface area contributed by atoms with Crippen LogP contribution in [0.5, 0.6) is 0 Å². The van der Waals surface area contributed by atoms with Crippen LogP contribution in [-0.4, -0.2) is 16.1 Å². The lowest BCUT2D eigenvalue weighted by Crippen LogP contribution is -2.18. The molecule has 0 bridgehead atoms. The van der Waals surface area contributed by atoms with Crippen molar-refractivity contribution in [2.24, 2.45) is 0 Å². The van der Waals surface area contributed by atoms with Crippen molar-refractivity contribution in [2.75, 3.05) is 6.54 Å². The van der Waals surface area contributed by atoms with Crippen LogP contribution in [0.3, 0.4) is 0 Å². The van der Waals surface area contributed by atoms with Crippen molar-refractivity contribution in [3.8, 4) is 0 Å². The van der Waals surface area contributed by atoms with Gasteiger partial charge in [-0.2, -0.15) is 0 Å². The van der Waals surface area contributed by atoms with Crippen molar-refractivity contribution >= 4 is 22.6 Å². The number of aromatic nitrogens is 2. The molecule has 0 fully saturated rings. The van der Waals surface area contributed by atoms with Gasteiger partial charge in [0.05, 0.1) is 17.6 Å². The summed E-state index contributed by atoms with van der Waals surface area (Å²) < 4.78 is 2.28. The Balaban J connectivity index is 1.94. The van der Waals surface area contributed by atoms with Gasteiger partial charge in [0.25, 0.3) is 0 Å². The molecule has 2 aromatic carbocycles. The smallest absolute Gasteiger partial charge is 0.124 e. The molecule has 0 saturated heterocycles. The Kier molecular flexibility index (Phi) is 4.76. The van der Waals surface area contributed by atoms with E-state index >= 15 is 0 Å². The second kappa shape index (κ2) is 6.95. The molecule has 114 valence electrons. The minimum absolute atomic E-state index is 0.768. The Morgan fingerprint density at radius 2 is 1.86 bits per heavy atom. The predicted molar refractivity (Wildman–Crippen MR) is 92.3 cm³/mol. The van der Waals surface area contributed by atoms with Crippen LogP contribution in [0, 0.1) is 0 Å². The number of halogens is 1. The molecule has 4 heteroatoms. The van der Waals surface area contributed by atoms with Gasteiger partial charge in [-0.3, -0.25) is 0 Å². The molecule has 0 radical (unpaired) electrons. The highest BCUT2D eigenvalue weighted by Crippen LogP contribution is 2.19. The Bertz CT molecular complexity index is 747. The summed E-state index contributed by atoms with van der Waals surface area (Å²) in [7, 11) is 0. The number of hydrogen-bond acceptors (Lipinski definition) is 2. The van der Waals surface area contributed by atoms with Crippen LogP contribution in [0.15, 0.2) is 48.5 Å². The van der Waals surface area contributed by atoms with E-state index < -0.39 is 0 Å². The van der Waals surface area contributed by atoms with E-state index in [2.05, 4.69) is 47.1 Å². The topological polar surface area (TPSA) is 29.9 Å². The largest absolute Gasteiger partial charge is 0.322 e. The maximum atomic E-state index is 5.98. The van der Waals surface area contributed by atoms with Gasteiger partial charge in [0.1, 0.15) is 5.82 Å². The third-order valence-corrected chi connectivity index (χ3v) is 3.95. The Morgan fingerprint density at radius 1 is 1.09 bits per heavy atom. The lowest BCUT2D eigenvalue weighted by molar-refractivity contribution is 0.621. The lowest BCUT2D eigenvalue weighted by atomic mass is 10.2. The van der Waals surface area contributed by atoms with E-state index in [0.717, 1.165) is 42.4 Å². The fraction of sp³-hybridized carbons (Fsp3) is 0.278. The first kappa shape index (κ1) is 15.1. The molecule has 0 aliphatic carbocycles. The normalized spacial score (nSPS) is 11.2. The summed E-state index contributed by atoms with van der Waals surface area (Å²) in [6.07, 6.45) is 1.12. The monoisotopic (exact) mass is 313 g/mol. The molecule has 0 aliphatic heterocycles. The van der Waals surface area contributed by atoms with E-state index in [0.29, 0.717) is 0 Å². The first-order valence-electron chi connectivity index (χ1n) is 7.67. The van der Waals surface area contributed by atoms with E-state index in [4.69, 9.17) is 16.6 Å². The second-order valence-corrected chi connectivity index (χ2v) is 5.84. The number of para-hydroxylation sites is 2. The molecule has 0 unspecified atom stereocenters. The number of benzene rings is 2. The number of hydrogen-bond donors (Lipinski definition) is 1.